The molecule has 1 atom stereocenters. The first-order valence-corrected chi connectivity index (χ1v) is 6.00. The van der Waals surface area contributed by atoms with Gasteiger partial charge in [-0.2, -0.15) is 0 Å². The van der Waals surface area contributed by atoms with Gasteiger partial charge < -0.3 is 20.3 Å². The molecule has 1 rings (SSSR count). The standard InChI is InChI=1S/C12H21N3O3/c1-8-10(9(2)18-15-8)7-14-12(16)11(13)5-4-6-17-3/h11H,4-7,13H2,1-3H3,(H,14,16). The number of nitrogens with one attached hydrogen (secondary N) is 1. The zero-order valence-electron chi connectivity index (χ0n) is 11.2. The van der Waals surface area contributed by atoms with Crippen LogP contribution >= 0.6 is 0 Å². The van der Waals surface area contributed by atoms with Gasteiger partial charge in [-0.15, -0.1) is 0 Å². The van der Waals surface area contributed by atoms with E-state index in [4.69, 9.17) is 15.0 Å². The second-order valence-corrected chi connectivity index (χ2v) is 4.26. The zero-order chi connectivity index (χ0) is 13.5. The lowest BCUT2D eigenvalue weighted by Gasteiger charge is -2.11. The van der Waals surface area contributed by atoms with Crippen LogP contribution in [0.25, 0.3) is 0 Å². The van der Waals surface area contributed by atoms with Gasteiger partial charge in [0.15, 0.2) is 0 Å². The molecule has 0 fully saturated rings. The largest absolute Gasteiger partial charge is 0.385 e. The van der Waals surface area contributed by atoms with Gasteiger partial charge in [-0.1, -0.05) is 5.16 Å². The van der Waals surface area contributed by atoms with Crippen LogP contribution in [-0.4, -0.2) is 30.8 Å². The van der Waals surface area contributed by atoms with Crippen LogP contribution < -0.4 is 11.1 Å². The summed E-state index contributed by atoms with van der Waals surface area (Å²) in [5.41, 5.74) is 7.47. The minimum Gasteiger partial charge on any atom is -0.385 e. The molecule has 0 saturated heterocycles. The van der Waals surface area contributed by atoms with Crippen molar-refractivity contribution >= 4 is 5.91 Å². The van der Waals surface area contributed by atoms with Gasteiger partial charge in [0.05, 0.1) is 11.7 Å². The maximum absolute atomic E-state index is 11.7. The first-order valence-electron chi connectivity index (χ1n) is 6.00. The number of nitrogens with zero attached hydrogens (tertiary/aromatic N) is 1. The molecule has 0 aliphatic heterocycles. The average Bonchev–Trinajstić information content (AvgIpc) is 2.66. The van der Waals surface area contributed by atoms with Crippen molar-refractivity contribution in [1.82, 2.24) is 10.5 Å². The molecule has 6 heteroatoms. The maximum Gasteiger partial charge on any atom is 0.237 e. The lowest BCUT2D eigenvalue weighted by atomic mass is 10.1. The van der Waals surface area contributed by atoms with Crippen LogP contribution in [0.1, 0.15) is 29.9 Å². The van der Waals surface area contributed by atoms with Crippen LogP contribution in [-0.2, 0) is 16.1 Å². The first-order chi connectivity index (χ1) is 8.56. The normalized spacial score (nSPS) is 12.4. The Morgan fingerprint density at radius 3 is 2.83 bits per heavy atom. The van der Waals surface area contributed by atoms with Gasteiger partial charge >= 0.3 is 0 Å². The highest BCUT2D eigenvalue weighted by Gasteiger charge is 2.15. The van der Waals surface area contributed by atoms with Gasteiger partial charge in [0, 0.05) is 25.8 Å². The molecule has 18 heavy (non-hydrogen) atoms. The van der Waals surface area contributed by atoms with Crippen LogP contribution in [0.15, 0.2) is 4.52 Å². The van der Waals surface area contributed by atoms with E-state index in [0.717, 1.165) is 23.4 Å². The molecule has 0 radical (unpaired) electrons. The molecule has 1 aromatic heterocycles. The number of ether oxygens (including phenoxy) is 1. The van der Waals surface area contributed by atoms with Gasteiger partial charge in [0.25, 0.3) is 0 Å². The highest BCUT2D eigenvalue weighted by Crippen LogP contribution is 2.11. The average molecular weight is 255 g/mol. The molecular weight excluding hydrogens is 234 g/mol. The second-order valence-electron chi connectivity index (χ2n) is 4.26. The van der Waals surface area contributed by atoms with E-state index in [9.17, 15) is 4.79 Å². The van der Waals surface area contributed by atoms with Crippen molar-refractivity contribution in [2.45, 2.75) is 39.3 Å². The fourth-order valence-electron chi connectivity index (χ4n) is 1.64. The van der Waals surface area contributed by atoms with E-state index in [1.807, 2.05) is 13.8 Å². The molecule has 0 saturated carbocycles. The highest BCUT2D eigenvalue weighted by atomic mass is 16.5. The Morgan fingerprint density at radius 1 is 1.56 bits per heavy atom. The lowest BCUT2D eigenvalue weighted by Crippen LogP contribution is -2.40. The fourth-order valence-corrected chi connectivity index (χ4v) is 1.64. The zero-order valence-corrected chi connectivity index (χ0v) is 11.2. The molecule has 102 valence electrons. The van der Waals surface area contributed by atoms with E-state index < -0.39 is 6.04 Å². The van der Waals surface area contributed by atoms with Crippen molar-refractivity contribution in [2.75, 3.05) is 13.7 Å². The SMILES string of the molecule is COCCCC(N)C(=O)NCc1c(C)noc1C. The smallest absolute Gasteiger partial charge is 0.237 e. The Morgan fingerprint density at radius 2 is 2.28 bits per heavy atom. The molecular formula is C12H21N3O3. The Balaban J connectivity index is 2.36. The molecule has 1 heterocycles. The van der Waals surface area contributed by atoms with Crippen molar-refractivity contribution in [3.05, 3.63) is 17.0 Å². The summed E-state index contributed by atoms with van der Waals surface area (Å²) in [7, 11) is 1.63. The van der Waals surface area contributed by atoms with Gasteiger partial charge in [0.1, 0.15) is 5.76 Å². The van der Waals surface area contributed by atoms with E-state index in [0.29, 0.717) is 19.6 Å². The van der Waals surface area contributed by atoms with E-state index in [-0.39, 0.29) is 5.91 Å². The van der Waals surface area contributed by atoms with Crippen LogP contribution in [0, 0.1) is 13.8 Å². The summed E-state index contributed by atoms with van der Waals surface area (Å²) in [6, 6.07) is -0.499. The molecule has 0 spiro atoms. The quantitative estimate of drug-likeness (QED) is 0.698. The number of nitrogens with two attached hydrogens (primary N) is 1. The Hall–Kier alpha value is -1.40. The number of amides is 1. The van der Waals surface area contributed by atoms with Gasteiger partial charge in [-0.05, 0) is 26.7 Å². The van der Waals surface area contributed by atoms with Gasteiger partial charge in [-0.25, -0.2) is 0 Å². The van der Waals surface area contributed by atoms with E-state index in [1.54, 1.807) is 7.11 Å². The van der Waals surface area contributed by atoms with Crippen molar-refractivity contribution < 1.29 is 14.1 Å². The fraction of sp³-hybridized carbons (Fsp3) is 0.667. The third-order valence-corrected chi connectivity index (χ3v) is 2.82. The molecule has 1 unspecified atom stereocenters. The highest BCUT2D eigenvalue weighted by molar-refractivity contribution is 5.81. The number of hydrogen-bond donors (Lipinski definition) is 2. The van der Waals surface area contributed by atoms with Crippen molar-refractivity contribution in [1.29, 1.82) is 0 Å². The van der Waals surface area contributed by atoms with E-state index in [2.05, 4.69) is 10.5 Å². The first kappa shape index (κ1) is 14.7. The third kappa shape index (κ3) is 4.12. The summed E-state index contributed by atoms with van der Waals surface area (Å²) in [6.07, 6.45) is 1.39. The minimum atomic E-state index is -0.499. The lowest BCUT2D eigenvalue weighted by molar-refractivity contribution is -0.122. The van der Waals surface area contributed by atoms with E-state index in [1.165, 1.54) is 0 Å². The number of carbonyl (C=O) groups excluding carboxylic acids is 1. The molecule has 0 aliphatic carbocycles. The summed E-state index contributed by atoms with van der Waals surface area (Å²) in [4.78, 5) is 11.7. The number of methoxy groups -OCH3 is 1. The minimum absolute atomic E-state index is 0.161. The molecule has 3 N–H and O–H groups in total. The molecule has 0 bridgehead atoms. The topological polar surface area (TPSA) is 90.4 Å². The summed E-state index contributed by atoms with van der Waals surface area (Å²) >= 11 is 0. The molecule has 6 nitrogen and oxygen atoms in total. The summed E-state index contributed by atoms with van der Waals surface area (Å²) in [5.74, 6) is 0.562. The molecule has 1 aromatic rings. The Labute approximate surface area is 107 Å². The third-order valence-electron chi connectivity index (χ3n) is 2.82. The maximum atomic E-state index is 11.7. The predicted molar refractivity (Wildman–Crippen MR) is 66.9 cm³/mol. The summed E-state index contributed by atoms with van der Waals surface area (Å²) in [6.45, 7) is 4.68. The van der Waals surface area contributed by atoms with Crippen LogP contribution in [0.2, 0.25) is 0 Å². The van der Waals surface area contributed by atoms with Gasteiger partial charge in [0.2, 0.25) is 5.91 Å². The summed E-state index contributed by atoms with van der Waals surface area (Å²) < 4.78 is 9.93. The number of aromatic nitrogens is 1. The molecule has 0 aromatic carbocycles. The number of hydrogen-bond acceptors (Lipinski definition) is 5. The second kappa shape index (κ2) is 7.13. The number of carbonyl (C=O) groups is 1. The van der Waals surface area contributed by atoms with Crippen molar-refractivity contribution in [2.24, 2.45) is 5.73 Å². The van der Waals surface area contributed by atoms with Crippen molar-refractivity contribution in [3.63, 3.8) is 0 Å². The van der Waals surface area contributed by atoms with E-state index >= 15 is 0 Å². The van der Waals surface area contributed by atoms with Gasteiger partial charge in [-0.3, -0.25) is 4.79 Å². The predicted octanol–water partition coefficient (Wildman–Crippen LogP) is 0.662. The number of aryl methyl sites for hydroxylation is 2. The van der Waals surface area contributed by atoms with Crippen LogP contribution in [0.5, 0.6) is 0 Å². The Bertz CT molecular complexity index is 370. The number of rotatable bonds is 7. The monoisotopic (exact) mass is 255 g/mol. The van der Waals surface area contributed by atoms with Crippen molar-refractivity contribution in [3.8, 4) is 0 Å². The van der Waals surface area contributed by atoms with Crippen LogP contribution in [0.3, 0.4) is 0 Å². The molecule has 1 amide bonds. The molecule has 0 aliphatic rings. The Kier molecular flexibility index (Phi) is 5.80. The van der Waals surface area contributed by atoms with Crippen LogP contribution in [0.4, 0.5) is 0 Å². The summed E-state index contributed by atoms with van der Waals surface area (Å²) in [5, 5.41) is 6.61.